The fourth-order valence-electron chi connectivity index (χ4n) is 6.94. The average molecular weight is 889 g/mol. The van der Waals surface area contributed by atoms with Crippen molar-refractivity contribution < 1.29 is 104 Å². The number of aliphatic hydroxyl groups is 8. The minimum Gasteiger partial charge on any atom is -0.508 e. The number of esters is 1. The normalized spacial score (nSPS) is 32.4. The van der Waals surface area contributed by atoms with Crippen LogP contribution in [0.4, 0.5) is 0 Å². The molecule has 0 saturated carbocycles. The lowest BCUT2D eigenvalue weighted by atomic mass is 9.98. The summed E-state index contributed by atoms with van der Waals surface area (Å²) in [5.74, 6) is -4.42. The Balaban J connectivity index is 1.17. The molecule has 14 atom stereocenters. The first-order chi connectivity index (χ1) is 29.9. The van der Waals surface area contributed by atoms with E-state index in [9.17, 15) is 70.9 Å². The van der Waals surface area contributed by atoms with E-state index in [1.165, 1.54) is 43.3 Å². The van der Waals surface area contributed by atoms with Gasteiger partial charge in [0.15, 0.2) is 29.7 Å². The molecule has 22 nitrogen and oxygen atoms in total. The van der Waals surface area contributed by atoms with Crippen LogP contribution < -0.4 is 14.9 Å². The number of hydrogen-bond donors (Lipinski definition) is 12. The number of aliphatic hydroxyl groups excluding tert-OH is 8. The number of carbonyl (C=O) groups excluding carboxylic acids is 1. The third-order valence-corrected chi connectivity index (χ3v) is 10.5. The molecule has 63 heavy (non-hydrogen) atoms. The summed E-state index contributed by atoms with van der Waals surface area (Å²) >= 11 is 0. The maximum Gasteiger partial charge on any atom is 0.330 e. The average Bonchev–Trinajstić information content (AvgIpc) is 3.25. The van der Waals surface area contributed by atoms with Crippen molar-refractivity contribution in [3.63, 3.8) is 0 Å². The summed E-state index contributed by atoms with van der Waals surface area (Å²) in [6.07, 6.45) is -21.8. The molecule has 0 spiro atoms. The minimum atomic E-state index is -2.04. The van der Waals surface area contributed by atoms with E-state index < -0.39 is 145 Å². The van der Waals surface area contributed by atoms with Gasteiger partial charge < -0.3 is 98.9 Å². The second-order valence-electron chi connectivity index (χ2n) is 15.0. The molecule has 3 aliphatic rings. The molecule has 1 aromatic heterocycles. The second-order valence-corrected chi connectivity index (χ2v) is 15.0. The number of benzene rings is 3. The smallest absolute Gasteiger partial charge is 0.330 e. The van der Waals surface area contributed by atoms with Gasteiger partial charge in [-0.15, -0.1) is 0 Å². The van der Waals surface area contributed by atoms with Crippen LogP contribution in [-0.4, -0.2) is 166 Å². The van der Waals surface area contributed by atoms with Crippen molar-refractivity contribution in [2.75, 3.05) is 13.2 Å². The zero-order valence-electron chi connectivity index (χ0n) is 32.8. The zero-order chi connectivity index (χ0) is 45.4. The molecule has 7 rings (SSSR count). The molecular weight excluding hydrogens is 844 g/mol. The summed E-state index contributed by atoms with van der Waals surface area (Å²) in [4.78, 5) is 26.8. The third-order valence-electron chi connectivity index (χ3n) is 10.5. The molecule has 3 aliphatic heterocycles. The molecule has 340 valence electrons. The van der Waals surface area contributed by atoms with Gasteiger partial charge in [-0.05, 0) is 48.9 Å². The lowest BCUT2D eigenvalue weighted by Gasteiger charge is -2.44. The molecule has 0 aliphatic carbocycles. The Kier molecular flexibility index (Phi) is 13.4. The lowest BCUT2D eigenvalue weighted by molar-refractivity contribution is -0.348. The number of phenolic OH excluding ortho intramolecular Hbond substituents is 4. The number of phenols is 4. The maximum absolute atomic E-state index is 14.3. The quantitative estimate of drug-likeness (QED) is 0.0458. The summed E-state index contributed by atoms with van der Waals surface area (Å²) in [6.45, 7) is 0.0954. The van der Waals surface area contributed by atoms with E-state index in [0.717, 1.165) is 30.3 Å². The van der Waals surface area contributed by atoms with Gasteiger partial charge >= 0.3 is 5.97 Å². The number of hydrogen-bond acceptors (Lipinski definition) is 22. The van der Waals surface area contributed by atoms with E-state index in [2.05, 4.69) is 0 Å². The number of fused-ring (bicyclic) bond motifs is 1. The van der Waals surface area contributed by atoms with Crippen molar-refractivity contribution in [3.8, 4) is 45.8 Å². The predicted molar refractivity (Wildman–Crippen MR) is 208 cm³/mol. The molecule has 0 unspecified atom stereocenters. The standard InChI is InChI=1S/C41H44O22/c1-15-28(48)32(52)34(54)39(58-15)59-19-11-22(45)27-24(12-19)60-36(17-5-8-20(43)21(44)10-17)37(31(27)51)62-41-38(29(49)23(46)13-57-41)63-40-35(55)33(53)30(50)25(61-40)14-56-26(47)9-4-16-2-6-18(42)7-3-16/h2-12,15,23,25,28-30,32-35,38-46,48-50,52-55H,13-14H2,1H3/b9-4+/t15-,23+,25-,28-,29-,30-,32+,33+,34+,35-,38+,39-,40+,41-/m0/s1. The highest BCUT2D eigenvalue weighted by atomic mass is 16.8. The molecule has 4 heterocycles. The van der Waals surface area contributed by atoms with Crippen LogP contribution in [0.1, 0.15) is 12.5 Å². The molecule has 0 amide bonds. The maximum atomic E-state index is 14.3. The van der Waals surface area contributed by atoms with Crippen molar-refractivity contribution in [2.45, 2.75) is 92.9 Å². The van der Waals surface area contributed by atoms with Gasteiger partial charge in [0, 0.05) is 23.8 Å². The van der Waals surface area contributed by atoms with Gasteiger partial charge in [-0.2, -0.15) is 0 Å². The Bertz CT molecular complexity index is 2350. The minimum absolute atomic E-state index is 0.00628. The van der Waals surface area contributed by atoms with Crippen LogP contribution >= 0.6 is 0 Å². The highest BCUT2D eigenvalue weighted by Gasteiger charge is 2.50. The monoisotopic (exact) mass is 888 g/mol. The van der Waals surface area contributed by atoms with Crippen molar-refractivity contribution >= 4 is 23.0 Å². The van der Waals surface area contributed by atoms with Crippen LogP contribution in [-0.2, 0) is 28.5 Å². The molecule has 0 bridgehead atoms. The predicted octanol–water partition coefficient (Wildman–Crippen LogP) is -1.60. The molecule has 22 heteroatoms. The van der Waals surface area contributed by atoms with Crippen LogP contribution in [0.3, 0.4) is 0 Å². The topological polar surface area (TPSA) is 355 Å². The van der Waals surface area contributed by atoms with Crippen molar-refractivity contribution in [2.24, 2.45) is 0 Å². The van der Waals surface area contributed by atoms with Gasteiger partial charge in [0.2, 0.25) is 23.8 Å². The second kappa shape index (κ2) is 18.6. The number of ether oxygens (including phenoxy) is 7. The lowest BCUT2D eigenvalue weighted by Crippen LogP contribution is -2.63. The zero-order valence-corrected chi connectivity index (χ0v) is 32.8. The number of aromatic hydroxyl groups is 4. The van der Waals surface area contributed by atoms with Crippen molar-refractivity contribution in [1.29, 1.82) is 0 Å². The van der Waals surface area contributed by atoms with E-state index >= 15 is 0 Å². The molecule has 3 aromatic carbocycles. The SMILES string of the molecule is C[C@@H]1O[C@@H](Oc2cc(O)c3c(=O)c(O[C@@H]4OC[C@@H](O)[C@H](O)[C@H]4O[C@H]4O[C@@H](COC(=O)/C=C/c5ccc(O)cc5)[C@H](O)[C@@H](O)[C@@H]4O)c(-c4ccc(O)c(O)c4)oc3c2)[C@H](O)[C@H](O)[C@H]1O. The van der Waals surface area contributed by atoms with Crippen LogP contribution in [0.5, 0.6) is 34.5 Å². The summed E-state index contributed by atoms with van der Waals surface area (Å²) in [5.41, 5.74) is -1.07. The van der Waals surface area contributed by atoms with Crippen molar-refractivity contribution in [1.82, 2.24) is 0 Å². The molecule has 3 saturated heterocycles. The van der Waals surface area contributed by atoms with Gasteiger partial charge in [0.05, 0.1) is 12.7 Å². The summed E-state index contributed by atoms with van der Waals surface area (Å²) < 4.78 is 45.4. The number of carbonyl (C=O) groups is 1. The highest BCUT2D eigenvalue weighted by molar-refractivity contribution is 5.89. The van der Waals surface area contributed by atoms with E-state index in [0.29, 0.717) is 5.56 Å². The molecular formula is C41H44O22. The summed E-state index contributed by atoms with van der Waals surface area (Å²) in [7, 11) is 0. The third kappa shape index (κ3) is 9.52. The van der Waals surface area contributed by atoms with Crippen LogP contribution in [0.2, 0.25) is 0 Å². The first kappa shape index (κ1) is 45.4. The summed E-state index contributed by atoms with van der Waals surface area (Å²) in [6, 6.07) is 11.1. The Morgan fingerprint density at radius 2 is 1.43 bits per heavy atom. The fourth-order valence-corrected chi connectivity index (χ4v) is 6.94. The van der Waals surface area contributed by atoms with Gasteiger partial charge in [-0.1, -0.05) is 12.1 Å². The van der Waals surface area contributed by atoms with E-state index in [4.69, 9.17) is 37.6 Å². The summed E-state index contributed by atoms with van der Waals surface area (Å²) in [5, 5.41) is 125. The molecule has 3 fully saturated rings. The first-order valence-corrected chi connectivity index (χ1v) is 19.3. The Morgan fingerprint density at radius 1 is 0.730 bits per heavy atom. The van der Waals surface area contributed by atoms with E-state index in [1.54, 1.807) is 0 Å². The van der Waals surface area contributed by atoms with Crippen LogP contribution in [0.25, 0.3) is 28.4 Å². The van der Waals surface area contributed by atoms with Crippen LogP contribution in [0.15, 0.2) is 69.9 Å². The molecule has 4 aromatic rings. The van der Waals surface area contributed by atoms with Crippen LogP contribution in [0, 0.1) is 0 Å². The Labute approximate surface area is 354 Å². The molecule has 0 radical (unpaired) electrons. The van der Waals surface area contributed by atoms with E-state index in [-0.39, 0.29) is 22.6 Å². The Morgan fingerprint density at radius 3 is 2.14 bits per heavy atom. The van der Waals surface area contributed by atoms with Gasteiger partial charge in [0.25, 0.3) is 0 Å². The Hall–Kier alpha value is -5.60. The first-order valence-electron chi connectivity index (χ1n) is 19.3. The number of rotatable bonds is 11. The van der Waals surface area contributed by atoms with Gasteiger partial charge in [-0.25, -0.2) is 4.79 Å². The van der Waals surface area contributed by atoms with Gasteiger partial charge in [0.1, 0.15) is 89.8 Å². The largest absolute Gasteiger partial charge is 0.508 e. The fraction of sp³-hybridized carbons (Fsp3) is 0.415. The molecule has 12 N–H and O–H groups in total. The van der Waals surface area contributed by atoms with Gasteiger partial charge in [-0.3, -0.25) is 4.79 Å². The van der Waals surface area contributed by atoms with E-state index in [1.807, 2.05) is 0 Å². The highest BCUT2D eigenvalue weighted by Crippen LogP contribution is 2.40. The van der Waals surface area contributed by atoms with Crippen molar-refractivity contribution in [3.05, 3.63) is 76.5 Å².